The third-order valence-electron chi connectivity index (χ3n) is 4.22. The van der Waals surface area contributed by atoms with Crippen molar-refractivity contribution in [3.63, 3.8) is 0 Å². The second kappa shape index (κ2) is 7.31. The van der Waals surface area contributed by atoms with E-state index >= 15 is 0 Å². The standard InChI is InChI=1S/C19H28O6/c1-18(2,20)25-16-10-14(21-11-13-8-6-5-7-9-13)17(23-16)15-12-22-19(3,4)24-15/h5-9,14-17,20H,10-12H2,1-4H3/t14?,15?,16-,17?/m1/s1. The van der Waals surface area contributed by atoms with Gasteiger partial charge in [-0.05, 0) is 33.3 Å². The first-order valence-electron chi connectivity index (χ1n) is 8.75. The maximum Gasteiger partial charge on any atom is 0.164 e. The minimum absolute atomic E-state index is 0.199. The summed E-state index contributed by atoms with van der Waals surface area (Å²) < 4.78 is 29.3. The monoisotopic (exact) mass is 352 g/mol. The zero-order valence-corrected chi connectivity index (χ0v) is 15.3. The summed E-state index contributed by atoms with van der Waals surface area (Å²) in [4.78, 5) is 0. The Labute approximate surface area is 149 Å². The van der Waals surface area contributed by atoms with Crippen LogP contribution in [0.25, 0.3) is 0 Å². The number of hydrogen-bond donors (Lipinski definition) is 1. The Morgan fingerprint density at radius 3 is 2.56 bits per heavy atom. The highest BCUT2D eigenvalue weighted by molar-refractivity contribution is 5.13. The van der Waals surface area contributed by atoms with E-state index in [1.165, 1.54) is 0 Å². The van der Waals surface area contributed by atoms with Crippen LogP contribution in [-0.2, 0) is 30.3 Å². The fraction of sp³-hybridized carbons (Fsp3) is 0.684. The van der Waals surface area contributed by atoms with Crippen LogP contribution in [-0.4, -0.2) is 47.9 Å². The highest BCUT2D eigenvalue weighted by Crippen LogP contribution is 2.35. The van der Waals surface area contributed by atoms with Crippen LogP contribution in [0.5, 0.6) is 0 Å². The van der Waals surface area contributed by atoms with E-state index in [0.29, 0.717) is 19.6 Å². The van der Waals surface area contributed by atoms with Gasteiger partial charge < -0.3 is 28.8 Å². The Balaban J connectivity index is 1.65. The lowest BCUT2D eigenvalue weighted by Crippen LogP contribution is -2.39. The van der Waals surface area contributed by atoms with Crippen molar-refractivity contribution in [3.8, 4) is 0 Å². The molecule has 3 unspecified atom stereocenters. The van der Waals surface area contributed by atoms with E-state index in [9.17, 15) is 5.11 Å². The van der Waals surface area contributed by atoms with Gasteiger partial charge in [0.05, 0.1) is 19.3 Å². The van der Waals surface area contributed by atoms with Crippen molar-refractivity contribution in [3.05, 3.63) is 35.9 Å². The van der Waals surface area contributed by atoms with Crippen molar-refractivity contribution in [2.45, 2.75) is 76.9 Å². The predicted molar refractivity (Wildman–Crippen MR) is 90.6 cm³/mol. The molecule has 0 spiro atoms. The molecule has 0 aromatic heterocycles. The summed E-state index contributed by atoms with van der Waals surface area (Å²) in [6, 6.07) is 9.99. The maximum absolute atomic E-state index is 9.91. The van der Waals surface area contributed by atoms with Crippen LogP contribution in [0, 0.1) is 0 Å². The van der Waals surface area contributed by atoms with E-state index in [1.807, 2.05) is 44.2 Å². The SMILES string of the molecule is CC(C)(O)O[C@@H]1CC(OCc2ccccc2)C(C2COC(C)(C)O2)O1. The number of hydrogen-bond acceptors (Lipinski definition) is 6. The molecular formula is C19H28O6. The van der Waals surface area contributed by atoms with Crippen molar-refractivity contribution in [1.29, 1.82) is 0 Å². The molecule has 2 fully saturated rings. The van der Waals surface area contributed by atoms with E-state index in [0.717, 1.165) is 5.56 Å². The molecule has 2 heterocycles. The number of ether oxygens (including phenoxy) is 5. The lowest BCUT2D eigenvalue weighted by Gasteiger charge is -2.26. The molecule has 1 aromatic carbocycles. The highest BCUT2D eigenvalue weighted by atomic mass is 16.8. The fourth-order valence-electron chi connectivity index (χ4n) is 3.18. The topological polar surface area (TPSA) is 66.4 Å². The summed E-state index contributed by atoms with van der Waals surface area (Å²) in [6.07, 6.45) is -0.751. The zero-order chi connectivity index (χ0) is 18.1. The van der Waals surface area contributed by atoms with Crippen LogP contribution >= 0.6 is 0 Å². The fourth-order valence-corrected chi connectivity index (χ4v) is 3.18. The van der Waals surface area contributed by atoms with Crippen LogP contribution in [0.15, 0.2) is 30.3 Å². The van der Waals surface area contributed by atoms with Gasteiger partial charge in [-0.3, -0.25) is 0 Å². The molecule has 0 amide bonds. The van der Waals surface area contributed by atoms with E-state index in [-0.39, 0.29) is 18.3 Å². The van der Waals surface area contributed by atoms with Crippen LogP contribution in [0.4, 0.5) is 0 Å². The molecule has 1 N–H and O–H groups in total. The van der Waals surface area contributed by atoms with Gasteiger partial charge in [0.1, 0.15) is 12.2 Å². The Morgan fingerprint density at radius 1 is 1.24 bits per heavy atom. The maximum atomic E-state index is 9.91. The smallest absolute Gasteiger partial charge is 0.164 e. The molecule has 2 aliphatic heterocycles. The van der Waals surface area contributed by atoms with Gasteiger partial charge in [-0.25, -0.2) is 0 Å². The molecule has 4 atom stereocenters. The molecule has 3 rings (SSSR count). The highest BCUT2D eigenvalue weighted by Gasteiger charge is 2.48. The summed E-state index contributed by atoms with van der Waals surface area (Å²) in [5, 5.41) is 9.91. The van der Waals surface area contributed by atoms with Crippen molar-refractivity contribution >= 4 is 0 Å². The van der Waals surface area contributed by atoms with E-state index in [4.69, 9.17) is 23.7 Å². The van der Waals surface area contributed by atoms with Gasteiger partial charge in [-0.15, -0.1) is 0 Å². The van der Waals surface area contributed by atoms with Crippen LogP contribution < -0.4 is 0 Å². The van der Waals surface area contributed by atoms with Gasteiger partial charge in [0.25, 0.3) is 0 Å². The average molecular weight is 352 g/mol. The third-order valence-corrected chi connectivity index (χ3v) is 4.22. The Kier molecular flexibility index (Phi) is 5.48. The molecule has 6 heteroatoms. The Morgan fingerprint density at radius 2 is 1.96 bits per heavy atom. The third kappa shape index (κ3) is 5.23. The molecule has 0 bridgehead atoms. The van der Waals surface area contributed by atoms with Gasteiger partial charge in [0.15, 0.2) is 17.9 Å². The number of rotatable bonds is 6. The average Bonchev–Trinajstić information content (AvgIpc) is 3.07. The minimum Gasteiger partial charge on any atom is -0.371 e. The molecule has 6 nitrogen and oxygen atoms in total. The summed E-state index contributed by atoms with van der Waals surface area (Å²) in [7, 11) is 0. The van der Waals surface area contributed by atoms with E-state index in [1.54, 1.807) is 13.8 Å². The number of benzene rings is 1. The van der Waals surface area contributed by atoms with E-state index in [2.05, 4.69) is 0 Å². The largest absolute Gasteiger partial charge is 0.371 e. The number of aliphatic hydroxyl groups is 1. The molecule has 1 aromatic rings. The molecule has 2 saturated heterocycles. The normalized spacial score (nSPS) is 32.2. The second-order valence-corrected chi connectivity index (χ2v) is 7.53. The van der Waals surface area contributed by atoms with E-state index < -0.39 is 17.9 Å². The minimum atomic E-state index is -1.27. The Hall–Kier alpha value is -1.02. The van der Waals surface area contributed by atoms with Gasteiger partial charge in [0, 0.05) is 6.42 Å². The first kappa shape index (κ1) is 18.8. The molecule has 2 aliphatic rings. The summed E-state index contributed by atoms with van der Waals surface area (Å²) >= 11 is 0. The molecule has 25 heavy (non-hydrogen) atoms. The lowest BCUT2D eigenvalue weighted by atomic mass is 10.1. The molecule has 140 valence electrons. The summed E-state index contributed by atoms with van der Waals surface area (Å²) in [5.74, 6) is -1.90. The summed E-state index contributed by atoms with van der Waals surface area (Å²) in [5.41, 5.74) is 1.09. The Bertz CT molecular complexity index is 553. The van der Waals surface area contributed by atoms with Crippen molar-refractivity contribution in [1.82, 2.24) is 0 Å². The lowest BCUT2D eigenvalue weighted by molar-refractivity contribution is -0.275. The predicted octanol–water partition coefficient (Wildman–Crippen LogP) is 2.58. The van der Waals surface area contributed by atoms with Gasteiger partial charge >= 0.3 is 0 Å². The van der Waals surface area contributed by atoms with Crippen LogP contribution in [0.2, 0.25) is 0 Å². The van der Waals surface area contributed by atoms with Crippen molar-refractivity contribution in [2.75, 3.05) is 6.61 Å². The van der Waals surface area contributed by atoms with Crippen molar-refractivity contribution < 1.29 is 28.8 Å². The first-order chi connectivity index (χ1) is 11.7. The molecule has 0 saturated carbocycles. The van der Waals surface area contributed by atoms with Crippen LogP contribution in [0.3, 0.4) is 0 Å². The summed E-state index contributed by atoms with van der Waals surface area (Å²) in [6.45, 7) is 7.86. The van der Waals surface area contributed by atoms with Crippen LogP contribution in [0.1, 0.15) is 39.7 Å². The molecule has 0 radical (unpaired) electrons. The second-order valence-electron chi connectivity index (χ2n) is 7.53. The zero-order valence-electron chi connectivity index (χ0n) is 15.3. The molecule has 0 aliphatic carbocycles. The van der Waals surface area contributed by atoms with Gasteiger partial charge in [0.2, 0.25) is 0 Å². The first-order valence-corrected chi connectivity index (χ1v) is 8.75. The molecular weight excluding hydrogens is 324 g/mol. The van der Waals surface area contributed by atoms with Crippen molar-refractivity contribution in [2.24, 2.45) is 0 Å². The van der Waals surface area contributed by atoms with Gasteiger partial charge in [-0.2, -0.15) is 0 Å². The quantitative estimate of drug-likeness (QED) is 0.794. The van der Waals surface area contributed by atoms with Gasteiger partial charge in [-0.1, -0.05) is 30.3 Å².